The van der Waals surface area contributed by atoms with Gasteiger partial charge in [-0.2, -0.15) is 0 Å². The Morgan fingerprint density at radius 2 is 1.83 bits per heavy atom. The fourth-order valence-corrected chi connectivity index (χ4v) is 1.86. The number of aliphatic imine (C=N–C) groups is 1. The summed E-state index contributed by atoms with van der Waals surface area (Å²) in [7, 11) is 0. The van der Waals surface area contributed by atoms with Gasteiger partial charge in [-0.15, -0.1) is 0 Å². The van der Waals surface area contributed by atoms with Gasteiger partial charge in [0.2, 0.25) is 0 Å². The smallest absolute Gasteiger partial charge is 0.0528 e. The van der Waals surface area contributed by atoms with E-state index in [1.165, 1.54) is 0 Å². The molecule has 0 aromatic carbocycles. The molecule has 2 aliphatic heterocycles. The van der Waals surface area contributed by atoms with Gasteiger partial charge in [0.25, 0.3) is 0 Å². The van der Waals surface area contributed by atoms with Gasteiger partial charge in [-0.3, -0.25) is 9.89 Å². The minimum Gasteiger partial charge on any atom is -0.370 e. The topological polar surface area (TPSA) is 82.9 Å². The van der Waals surface area contributed by atoms with Crippen molar-refractivity contribution >= 4 is 6.21 Å². The van der Waals surface area contributed by atoms with E-state index in [0.717, 1.165) is 52.4 Å². The maximum atomic E-state index is 5.40. The fourth-order valence-electron chi connectivity index (χ4n) is 1.86. The van der Waals surface area contributed by atoms with Crippen LogP contribution < -0.4 is 16.8 Å². The highest BCUT2D eigenvalue weighted by molar-refractivity contribution is 5.61. The van der Waals surface area contributed by atoms with Gasteiger partial charge in [-0.25, -0.2) is 0 Å². The average molecular weight is 254 g/mol. The van der Waals surface area contributed by atoms with E-state index in [0.29, 0.717) is 6.54 Å². The first-order valence-electron chi connectivity index (χ1n) is 6.62. The number of rotatable bonds is 4. The predicted molar refractivity (Wildman–Crippen MR) is 76.6 cm³/mol. The van der Waals surface area contributed by atoms with Gasteiger partial charge in [-0.1, -0.05) is 0 Å². The van der Waals surface area contributed by atoms with Crippen molar-refractivity contribution in [1.82, 2.24) is 15.1 Å². The number of nitrogens with zero attached hydrogens (tertiary/aromatic N) is 3. The second kappa shape index (κ2) is 10.0. The minimum atomic E-state index is 0.707. The van der Waals surface area contributed by atoms with E-state index in [-0.39, 0.29) is 0 Å². The minimum absolute atomic E-state index is 0.707. The summed E-state index contributed by atoms with van der Waals surface area (Å²) in [6, 6.07) is 0. The molecule has 104 valence electrons. The molecule has 0 radical (unpaired) electrons. The third-order valence-electron chi connectivity index (χ3n) is 2.86. The van der Waals surface area contributed by atoms with Crippen molar-refractivity contribution in [3.63, 3.8) is 0 Å². The average Bonchev–Trinajstić information content (AvgIpc) is 2.43. The van der Waals surface area contributed by atoms with Crippen LogP contribution in [0.15, 0.2) is 17.4 Å². The lowest BCUT2D eigenvalue weighted by Gasteiger charge is -2.26. The van der Waals surface area contributed by atoms with Gasteiger partial charge in [0.15, 0.2) is 0 Å². The molecule has 0 bridgehead atoms. The third-order valence-corrected chi connectivity index (χ3v) is 2.86. The van der Waals surface area contributed by atoms with Crippen LogP contribution in [0.25, 0.3) is 0 Å². The van der Waals surface area contributed by atoms with Crippen LogP contribution >= 0.6 is 0 Å². The van der Waals surface area contributed by atoms with Crippen LogP contribution in [0, 0.1) is 0 Å². The summed E-state index contributed by atoms with van der Waals surface area (Å²) in [5.41, 5.74) is 10.7. The monoisotopic (exact) mass is 254 g/mol. The Balaban J connectivity index is 0.000000180. The Morgan fingerprint density at radius 3 is 2.39 bits per heavy atom. The molecule has 0 unspecified atom stereocenters. The molecule has 2 aliphatic rings. The lowest BCUT2D eigenvalue weighted by atomic mass is 10.3. The zero-order valence-corrected chi connectivity index (χ0v) is 11.1. The van der Waals surface area contributed by atoms with E-state index in [9.17, 15) is 0 Å². The molecule has 5 N–H and O–H groups in total. The zero-order valence-electron chi connectivity index (χ0n) is 11.1. The molecular weight excluding hydrogens is 228 g/mol. The molecular formula is C12H26N6. The Morgan fingerprint density at radius 1 is 1.11 bits per heavy atom. The number of piperazine rings is 1. The van der Waals surface area contributed by atoms with E-state index >= 15 is 0 Å². The summed E-state index contributed by atoms with van der Waals surface area (Å²) in [6.07, 6.45) is 5.60. The Kier molecular flexibility index (Phi) is 8.41. The van der Waals surface area contributed by atoms with Crippen molar-refractivity contribution in [2.24, 2.45) is 16.5 Å². The quantitative estimate of drug-likeness (QED) is 0.578. The molecule has 2 rings (SSSR count). The van der Waals surface area contributed by atoms with Crippen LogP contribution in [0.3, 0.4) is 0 Å². The highest BCUT2D eigenvalue weighted by atomic mass is 15.2. The number of nitrogens with two attached hydrogens (primary N) is 2. The molecule has 0 atom stereocenters. The van der Waals surface area contributed by atoms with E-state index < -0.39 is 0 Å². The fraction of sp³-hybridized carbons (Fsp3) is 0.750. The Hall–Kier alpha value is -0.950. The van der Waals surface area contributed by atoms with Gasteiger partial charge >= 0.3 is 0 Å². The molecule has 0 spiro atoms. The number of nitrogens with one attached hydrogen (secondary N) is 1. The molecule has 0 aromatic rings. The van der Waals surface area contributed by atoms with E-state index in [4.69, 9.17) is 11.5 Å². The van der Waals surface area contributed by atoms with Crippen LogP contribution in [0.4, 0.5) is 0 Å². The summed E-state index contributed by atoms with van der Waals surface area (Å²) in [5, 5.41) is 3.29. The SMILES string of the molecule is NCCN1C=CN=CC1.NCCN1CCNCC1. The van der Waals surface area contributed by atoms with Crippen LogP contribution in [0.1, 0.15) is 0 Å². The van der Waals surface area contributed by atoms with E-state index in [1.807, 2.05) is 12.4 Å². The number of hydrogen-bond donors (Lipinski definition) is 3. The predicted octanol–water partition coefficient (Wildman–Crippen LogP) is -1.35. The zero-order chi connectivity index (χ0) is 13.1. The molecule has 6 heteroatoms. The molecule has 0 aliphatic carbocycles. The van der Waals surface area contributed by atoms with Crippen LogP contribution in [0.2, 0.25) is 0 Å². The molecule has 1 fully saturated rings. The van der Waals surface area contributed by atoms with Crippen molar-refractivity contribution in [3.8, 4) is 0 Å². The van der Waals surface area contributed by atoms with Crippen molar-refractivity contribution in [3.05, 3.63) is 12.4 Å². The second-order valence-electron chi connectivity index (χ2n) is 4.29. The molecule has 6 nitrogen and oxygen atoms in total. The highest BCUT2D eigenvalue weighted by Gasteiger charge is 2.06. The van der Waals surface area contributed by atoms with Gasteiger partial charge in [0, 0.05) is 71.0 Å². The molecule has 0 saturated carbocycles. The van der Waals surface area contributed by atoms with Crippen LogP contribution in [-0.2, 0) is 0 Å². The highest BCUT2D eigenvalue weighted by Crippen LogP contribution is 1.91. The molecule has 18 heavy (non-hydrogen) atoms. The molecule has 0 amide bonds. The molecule has 2 heterocycles. The second-order valence-corrected chi connectivity index (χ2v) is 4.29. The van der Waals surface area contributed by atoms with Crippen molar-refractivity contribution in [2.75, 3.05) is 58.9 Å². The Bertz CT molecular complexity index is 244. The first-order valence-corrected chi connectivity index (χ1v) is 6.62. The normalized spacial score (nSPS) is 19.6. The summed E-state index contributed by atoms with van der Waals surface area (Å²) in [4.78, 5) is 8.43. The van der Waals surface area contributed by atoms with Gasteiger partial charge in [0.1, 0.15) is 0 Å². The lowest BCUT2D eigenvalue weighted by molar-refractivity contribution is 0.247. The van der Waals surface area contributed by atoms with E-state index in [1.54, 1.807) is 6.20 Å². The lowest BCUT2D eigenvalue weighted by Crippen LogP contribution is -2.45. The largest absolute Gasteiger partial charge is 0.370 e. The van der Waals surface area contributed by atoms with E-state index in [2.05, 4.69) is 20.1 Å². The summed E-state index contributed by atoms with van der Waals surface area (Å²) < 4.78 is 0. The molecule has 1 saturated heterocycles. The van der Waals surface area contributed by atoms with Crippen molar-refractivity contribution in [1.29, 1.82) is 0 Å². The van der Waals surface area contributed by atoms with Crippen LogP contribution in [-0.4, -0.2) is 74.9 Å². The third kappa shape index (κ3) is 6.70. The standard InChI is InChI=1S/C6H15N3.C6H11N3/c2*7-1-4-9-5-2-8-3-6-9/h8H,1-7H2;2-3,5H,1,4,6-7H2. The Labute approximate surface area is 110 Å². The number of hydrogen-bond acceptors (Lipinski definition) is 6. The van der Waals surface area contributed by atoms with Gasteiger partial charge in [0.05, 0.1) is 6.54 Å². The summed E-state index contributed by atoms with van der Waals surface area (Å²) >= 11 is 0. The maximum absolute atomic E-state index is 5.40. The summed E-state index contributed by atoms with van der Waals surface area (Å²) in [5.74, 6) is 0. The van der Waals surface area contributed by atoms with Crippen molar-refractivity contribution < 1.29 is 0 Å². The first-order chi connectivity index (χ1) is 8.86. The van der Waals surface area contributed by atoms with Crippen LogP contribution in [0.5, 0.6) is 0 Å². The first kappa shape index (κ1) is 15.1. The van der Waals surface area contributed by atoms with Crippen molar-refractivity contribution in [2.45, 2.75) is 0 Å². The van der Waals surface area contributed by atoms with Gasteiger partial charge in [-0.05, 0) is 0 Å². The van der Waals surface area contributed by atoms with Gasteiger partial charge < -0.3 is 21.7 Å². The maximum Gasteiger partial charge on any atom is 0.0528 e. The summed E-state index contributed by atoms with van der Waals surface area (Å²) in [6.45, 7) is 8.95. The molecule has 0 aromatic heterocycles.